The number of hydrogen-bond acceptors (Lipinski definition) is 4. The average Bonchev–Trinajstić information content (AvgIpc) is 3.09. The number of rotatable bonds is 2. The van der Waals surface area contributed by atoms with E-state index < -0.39 is 0 Å². The summed E-state index contributed by atoms with van der Waals surface area (Å²) in [4.78, 5) is 31.1. The molecule has 6 heteroatoms. The van der Waals surface area contributed by atoms with E-state index in [4.69, 9.17) is 0 Å². The summed E-state index contributed by atoms with van der Waals surface area (Å²) in [6.07, 6.45) is 5.20. The van der Waals surface area contributed by atoms with Gasteiger partial charge in [0.2, 0.25) is 0 Å². The molecule has 0 atom stereocenters. The number of carbonyl (C=O) groups is 2. The third-order valence-corrected chi connectivity index (χ3v) is 4.44. The van der Waals surface area contributed by atoms with Crippen molar-refractivity contribution in [3.8, 4) is 11.3 Å². The van der Waals surface area contributed by atoms with E-state index in [-0.39, 0.29) is 11.1 Å². The molecule has 2 N–H and O–H groups in total. The number of H-pyrrole nitrogens is 1. The number of aromatic nitrogens is 2. The summed E-state index contributed by atoms with van der Waals surface area (Å²) >= 11 is 0.920. The minimum atomic E-state index is -0.356. The Morgan fingerprint density at radius 1 is 1.04 bits per heavy atom. The molecular formula is C17H11N3O2S. The van der Waals surface area contributed by atoms with Gasteiger partial charge >= 0.3 is 0 Å². The lowest BCUT2D eigenvalue weighted by molar-refractivity contribution is -0.115. The van der Waals surface area contributed by atoms with Crippen molar-refractivity contribution in [3.05, 3.63) is 59.3 Å². The smallest absolute Gasteiger partial charge is 0.290 e. The van der Waals surface area contributed by atoms with Gasteiger partial charge in [-0.05, 0) is 36.0 Å². The molecule has 5 nitrogen and oxygen atoms in total. The summed E-state index contributed by atoms with van der Waals surface area (Å²) in [7, 11) is 0. The van der Waals surface area contributed by atoms with Crippen LogP contribution in [0.5, 0.6) is 0 Å². The molecule has 3 aromatic rings. The second-order valence-electron chi connectivity index (χ2n) is 5.05. The Hall–Kier alpha value is -2.86. The van der Waals surface area contributed by atoms with Crippen molar-refractivity contribution in [2.75, 3.05) is 0 Å². The lowest BCUT2D eigenvalue weighted by Gasteiger charge is -2.01. The fourth-order valence-corrected chi connectivity index (χ4v) is 3.28. The van der Waals surface area contributed by atoms with Gasteiger partial charge in [0.05, 0.1) is 10.6 Å². The maximum Gasteiger partial charge on any atom is 0.290 e. The summed E-state index contributed by atoms with van der Waals surface area (Å²) in [5, 5.41) is 2.94. The number of carbonyl (C=O) groups excluding carboxylic acids is 2. The lowest BCUT2D eigenvalue weighted by Crippen LogP contribution is -2.17. The van der Waals surface area contributed by atoms with E-state index in [1.807, 2.05) is 36.4 Å². The van der Waals surface area contributed by atoms with Crippen LogP contribution in [-0.2, 0) is 4.79 Å². The van der Waals surface area contributed by atoms with E-state index in [0.717, 1.165) is 39.5 Å². The highest BCUT2D eigenvalue weighted by molar-refractivity contribution is 8.18. The molecule has 2 aromatic heterocycles. The highest BCUT2D eigenvalue weighted by Gasteiger charge is 2.26. The topological polar surface area (TPSA) is 74.8 Å². The normalized spacial score (nSPS) is 16.3. The first-order valence-corrected chi connectivity index (χ1v) is 7.80. The van der Waals surface area contributed by atoms with E-state index in [1.54, 1.807) is 18.5 Å². The molecule has 2 amide bonds. The first-order valence-electron chi connectivity index (χ1n) is 6.98. The van der Waals surface area contributed by atoms with Crippen molar-refractivity contribution in [1.29, 1.82) is 0 Å². The maximum absolute atomic E-state index is 11.9. The molecule has 0 bridgehead atoms. The van der Waals surface area contributed by atoms with Gasteiger partial charge in [0.15, 0.2) is 0 Å². The van der Waals surface area contributed by atoms with Crippen LogP contribution in [0.3, 0.4) is 0 Å². The molecule has 1 fully saturated rings. The zero-order chi connectivity index (χ0) is 15.8. The molecule has 0 unspecified atom stereocenters. The van der Waals surface area contributed by atoms with Crippen LogP contribution in [0.2, 0.25) is 0 Å². The number of thioether (sulfide) groups is 1. The number of amides is 2. The zero-order valence-electron chi connectivity index (χ0n) is 11.9. The molecule has 0 radical (unpaired) electrons. The second kappa shape index (κ2) is 5.40. The Bertz CT molecular complexity index is 960. The first-order chi connectivity index (χ1) is 11.2. The number of nitrogens with zero attached hydrogens (tertiary/aromatic N) is 1. The molecule has 0 spiro atoms. The van der Waals surface area contributed by atoms with Crippen molar-refractivity contribution in [2.45, 2.75) is 0 Å². The Labute approximate surface area is 135 Å². The highest BCUT2D eigenvalue weighted by atomic mass is 32.2. The van der Waals surface area contributed by atoms with Gasteiger partial charge in [-0.1, -0.05) is 18.2 Å². The molecule has 112 valence electrons. The van der Waals surface area contributed by atoms with Crippen LogP contribution in [0.1, 0.15) is 5.56 Å². The van der Waals surface area contributed by atoms with Crippen LogP contribution in [-0.4, -0.2) is 21.1 Å². The van der Waals surface area contributed by atoms with E-state index in [0.29, 0.717) is 4.91 Å². The first kappa shape index (κ1) is 13.8. The molecule has 0 aliphatic carbocycles. The van der Waals surface area contributed by atoms with Gasteiger partial charge in [-0.25, -0.2) is 0 Å². The van der Waals surface area contributed by atoms with Gasteiger partial charge in [0, 0.05) is 34.4 Å². The molecular weight excluding hydrogens is 310 g/mol. The summed E-state index contributed by atoms with van der Waals surface area (Å²) in [5.74, 6) is -0.356. The van der Waals surface area contributed by atoms with Gasteiger partial charge in [-0.2, -0.15) is 0 Å². The maximum atomic E-state index is 11.9. The van der Waals surface area contributed by atoms with E-state index in [2.05, 4.69) is 15.3 Å². The molecule has 1 aliphatic rings. The fourth-order valence-electron chi connectivity index (χ4n) is 2.61. The van der Waals surface area contributed by atoms with Crippen LogP contribution < -0.4 is 5.32 Å². The Morgan fingerprint density at radius 3 is 2.57 bits per heavy atom. The molecule has 4 rings (SSSR count). The summed E-state index contributed by atoms with van der Waals surface area (Å²) < 4.78 is 0. The van der Waals surface area contributed by atoms with E-state index >= 15 is 0 Å². The van der Waals surface area contributed by atoms with Crippen molar-refractivity contribution in [2.24, 2.45) is 0 Å². The van der Waals surface area contributed by atoms with Crippen molar-refractivity contribution in [3.63, 3.8) is 0 Å². The summed E-state index contributed by atoms with van der Waals surface area (Å²) in [6, 6.07) is 11.7. The Morgan fingerprint density at radius 2 is 1.83 bits per heavy atom. The molecule has 1 saturated heterocycles. The van der Waals surface area contributed by atoms with Crippen LogP contribution in [0.25, 0.3) is 28.2 Å². The monoisotopic (exact) mass is 321 g/mol. The molecule has 1 aromatic carbocycles. The lowest BCUT2D eigenvalue weighted by atomic mass is 10.1. The quantitative estimate of drug-likeness (QED) is 0.708. The van der Waals surface area contributed by atoms with E-state index in [9.17, 15) is 9.59 Å². The standard InChI is InChI=1S/C17H11N3O2S/c21-16-14(23-17(22)20-16)9-12-11-3-1-2-4-13(11)19-15(12)10-5-7-18-8-6-10/h1-9,19H,(H,20,21,22). The second-order valence-corrected chi connectivity index (χ2v) is 6.06. The molecule has 1 aliphatic heterocycles. The number of pyridine rings is 1. The highest BCUT2D eigenvalue weighted by Crippen LogP contribution is 2.34. The van der Waals surface area contributed by atoms with Gasteiger partial charge < -0.3 is 4.98 Å². The number of nitrogens with one attached hydrogen (secondary N) is 2. The van der Waals surface area contributed by atoms with Crippen molar-refractivity contribution in [1.82, 2.24) is 15.3 Å². The van der Waals surface area contributed by atoms with Gasteiger partial charge in [-0.3, -0.25) is 19.9 Å². The number of aromatic amines is 1. The third kappa shape index (κ3) is 2.43. The molecule has 0 saturated carbocycles. The fraction of sp³-hybridized carbons (Fsp3) is 0. The minimum Gasteiger partial charge on any atom is -0.354 e. The zero-order valence-corrected chi connectivity index (χ0v) is 12.7. The Kier molecular flexibility index (Phi) is 3.24. The number of fused-ring (bicyclic) bond motifs is 1. The third-order valence-electron chi connectivity index (χ3n) is 3.63. The SMILES string of the molecule is O=C1NC(=O)C(=Cc2c(-c3ccncc3)[nH]c3ccccc23)S1. The number of imide groups is 1. The predicted molar refractivity (Wildman–Crippen MR) is 90.6 cm³/mol. The van der Waals surface area contributed by atoms with Crippen LogP contribution in [0, 0.1) is 0 Å². The summed E-state index contributed by atoms with van der Waals surface area (Å²) in [6.45, 7) is 0. The predicted octanol–water partition coefficient (Wildman–Crippen LogP) is 3.55. The van der Waals surface area contributed by atoms with Crippen LogP contribution in [0.4, 0.5) is 4.79 Å². The average molecular weight is 321 g/mol. The van der Waals surface area contributed by atoms with Crippen molar-refractivity contribution >= 4 is 39.9 Å². The van der Waals surface area contributed by atoms with E-state index in [1.165, 1.54) is 0 Å². The Balaban J connectivity index is 1.95. The number of hydrogen-bond donors (Lipinski definition) is 2. The summed E-state index contributed by atoms with van der Waals surface area (Å²) in [5.41, 5.74) is 3.73. The molecule has 23 heavy (non-hydrogen) atoms. The largest absolute Gasteiger partial charge is 0.354 e. The molecule has 3 heterocycles. The minimum absolute atomic E-state index is 0.341. The van der Waals surface area contributed by atoms with Gasteiger partial charge in [-0.15, -0.1) is 0 Å². The van der Waals surface area contributed by atoms with Crippen molar-refractivity contribution < 1.29 is 9.59 Å². The van der Waals surface area contributed by atoms with Crippen LogP contribution in [0.15, 0.2) is 53.7 Å². The number of para-hydroxylation sites is 1. The van der Waals surface area contributed by atoms with Gasteiger partial charge in [0.25, 0.3) is 11.1 Å². The number of benzene rings is 1. The van der Waals surface area contributed by atoms with Gasteiger partial charge in [0.1, 0.15) is 0 Å². The van der Waals surface area contributed by atoms with Crippen LogP contribution >= 0.6 is 11.8 Å².